The van der Waals surface area contributed by atoms with E-state index in [1.54, 1.807) is 24.3 Å². The van der Waals surface area contributed by atoms with E-state index >= 15 is 0 Å². The summed E-state index contributed by atoms with van der Waals surface area (Å²) in [6, 6.07) is 13.4. The zero-order valence-electron chi connectivity index (χ0n) is 16.2. The molecule has 1 aliphatic heterocycles. The number of carbonyl (C=O) groups excluding carboxylic acids is 1. The van der Waals surface area contributed by atoms with Gasteiger partial charge in [0.1, 0.15) is 0 Å². The zero-order valence-corrected chi connectivity index (χ0v) is 16.2. The molecule has 7 heteroatoms. The highest BCUT2D eigenvalue weighted by Crippen LogP contribution is 2.27. The van der Waals surface area contributed by atoms with Gasteiger partial charge in [0.25, 0.3) is 5.91 Å². The highest BCUT2D eigenvalue weighted by Gasteiger charge is 2.18. The third-order valence-corrected chi connectivity index (χ3v) is 4.33. The molecule has 2 aromatic carbocycles. The van der Waals surface area contributed by atoms with Gasteiger partial charge in [0.15, 0.2) is 18.1 Å². The molecular weight excluding hydrogens is 358 g/mol. The van der Waals surface area contributed by atoms with Gasteiger partial charge < -0.3 is 19.1 Å². The number of methoxy groups -OCH3 is 1. The SMILES string of the molecule is COc1cc(/C=N\Nc2cccc(C)c2)ccc1OCC(=O)N1CCOCC1. The summed E-state index contributed by atoms with van der Waals surface area (Å²) < 4.78 is 16.3. The Morgan fingerprint density at radius 2 is 2.04 bits per heavy atom. The number of morpholine rings is 1. The fourth-order valence-electron chi connectivity index (χ4n) is 2.82. The molecule has 1 heterocycles. The Morgan fingerprint density at radius 3 is 2.79 bits per heavy atom. The van der Waals surface area contributed by atoms with Crippen LogP contribution in [0, 0.1) is 6.92 Å². The summed E-state index contributed by atoms with van der Waals surface area (Å²) in [4.78, 5) is 14.0. The average molecular weight is 383 g/mol. The Bertz CT molecular complexity index is 832. The second-order valence-electron chi connectivity index (χ2n) is 6.43. The molecule has 0 radical (unpaired) electrons. The summed E-state index contributed by atoms with van der Waals surface area (Å²) in [5.41, 5.74) is 5.93. The van der Waals surface area contributed by atoms with Crippen LogP contribution in [-0.2, 0) is 9.53 Å². The third kappa shape index (κ3) is 5.47. The largest absolute Gasteiger partial charge is 0.493 e. The predicted molar refractivity (Wildman–Crippen MR) is 108 cm³/mol. The highest BCUT2D eigenvalue weighted by molar-refractivity contribution is 5.82. The Kier molecular flexibility index (Phi) is 6.86. The Balaban J connectivity index is 1.58. The van der Waals surface area contributed by atoms with Gasteiger partial charge >= 0.3 is 0 Å². The van der Waals surface area contributed by atoms with Crippen LogP contribution in [0.15, 0.2) is 47.6 Å². The number of anilines is 1. The van der Waals surface area contributed by atoms with Crippen LogP contribution in [0.2, 0.25) is 0 Å². The number of hydrogen-bond acceptors (Lipinski definition) is 6. The molecule has 28 heavy (non-hydrogen) atoms. The van der Waals surface area contributed by atoms with Crippen molar-refractivity contribution in [3.63, 3.8) is 0 Å². The number of aryl methyl sites for hydroxylation is 1. The van der Waals surface area contributed by atoms with Crippen LogP contribution < -0.4 is 14.9 Å². The molecule has 148 valence electrons. The second kappa shape index (κ2) is 9.75. The summed E-state index contributed by atoms with van der Waals surface area (Å²) >= 11 is 0. The summed E-state index contributed by atoms with van der Waals surface area (Å²) in [5, 5.41) is 4.25. The molecule has 0 aromatic heterocycles. The standard InChI is InChI=1S/C21H25N3O4/c1-16-4-3-5-18(12-16)23-22-14-17-6-7-19(20(13-17)26-2)28-15-21(25)24-8-10-27-11-9-24/h3-7,12-14,23H,8-11,15H2,1-2H3/b22-14-. The van der Waals surface area contributed by atoms with Crippen molar-refractivity contribution in [1.82, 2.24) is 4.90 Å². The summed E-state index contributed by atoms with van der Waals surface area (Å²) in [5.74, 6) is 1.01. The molecule has 0 unspecified atom stereocenters. The lowest BCUT2D eigenvalue weighted by molar-refractivity contribution is -0.137. The maximum Gasteiger partial charge on any atom is 0.260 e. The molecule has 1 saturated heterocycles. The minimum Gasteiger partial charge on any atom is -0.493 e. The molecule has 1 amide bonds. The molecular formula is C21H25N3O4. The minimum atomic E-state index is -0.0571. The number of carbonyl (C=O) groups is 1. The van der Waals surface area contributed by atoms with E-state index in [2.05, 4.69) is 10.5 Å². The Hall–Kier alpha value is -3.06. The molecule has 3 rings (SSSR count). The summed E-state index contributed by atoms with van der Waals surface area (Å²) in [6.45, 7) is 4.34. The highest BCUT2D eigenvalue weighted by atomic mass is 16.5. The maximum absolute atomic E-state index is 12.2. The Morgan fingerprint density at radius 1 is 1.21 bits per heavy atom. The number of benzene rings is 2. The second-order valence-corrected chi connectivity index (χ2v) is 6.43. The molecule has 1 aliphatic rings. The van der Waals surface area contributed by atoms with Crippen LogP contribution in [0.1, 0.15) is 11.1 Å². The molecule has 0 spiro atoms. The molecule has 1 fully saturated rings. The fourth-order valence-corrected chi connectivity index (χ4v) is 2.82. The first-order valence-corrected chi connectivity index (χ1v) is 9.18. The van der Waals surface area contributed by atoms with E-state index in [1.165, 1.54) is 0 Å². The van der Waals surface area contributed by atoms with Crippen molar-refractivity contribution in [3.8, 4) is 11.5 Å². The van der Waals surface area contributed by atoms with Gasteiger partial charge in [-0.1, -0.05) is 12.1 Å². The van der Waals surface area contributed by atoms with Crippen molar-refractivity contribution in [3.05, 3.63) is 53.6 Å². The summed E-state index contributed by atoms with van der Waals surface area (Å²) in [7, 11) is 1.57. The van der Waals surface area contributed by atoms with Crippen molar-refractivity contribution in [2.24, 2.45) is 5.10 Å². The molecule has 7 nitrogen and oxygen atoms in total. The molecule has 2 aromatic rings. The maximum atomic E-state index is 12.2. The van der Waals surface area contributed by atoms with Crippen LogP contribution in [0.5, 0.6) is 11.5 Å². The van der Waals surface area contributed by atoms with Gasteiger partial charge in [0.05, 0.1) is 32.2 Å². The Labute approximate surface area is 164 Å². The smallest absolute Gasteiger partial charge is 0.260 e. The van der Waals surface area contributed by atoms with Gasteiger partial charge in [-0.05, 0) is 48.4 Å². The lowest BCUT2D eigenvalue weighted by Gasteiger charge is -2.26. The fraction of sp³-hybridized carbons (Fsp3) is 0.333. The van der Waals surface area contributed by atoms with Crippen molar-refractivity contribution < 1.29 is 19.0 Å². The van der Waals surface area contributed by atoms with Gasteiger partial charge in [-0.15, -0.1) is 0 Å². The lowest BCUT2D eigenvalue weighted by atomic mass is 10.2. The van der Waals surface area contributed by atoms with Crippen molar-refractivity contribution in [2.45, 2.75) is 6.92 Å². The molecule has 0 atom stereocenters. The van der Waals surface area contributed by atoms with Crippen molar-refractivity contribution >= 4 is 17.8 Å². The van der Waals surface area contributed by atoms with Crippen LogP contribution in [-0.4, -0.2) is 57.0 Å². The van der Waals surface area contributed by atoms with Crippen LogP contribution in [0.25, 0.3) is 0 Å². The first kappa shape index (κ1) is 19.7. The van der Waals surface area contributed by atoms with E-state index in [1.807, 2.05) is 43.3 Å². The molecule has 1 N–H and O–H groups in total. The van der Waals surface area contributed by atoms with Gasteiger partial charge in [0, 0.05) is 13.1 Å². The van der Waals surface area contributed by atoms with Gasteiger partial charge in [0.2, 0.25) is 0 Å². The van der Waals surface area contributed by atoms with Crippen LogP contribution >= 0.6 is 0 Å². The quantitative estimate of drug-likeness (QED) is 0.588. The zero-order chi connectivity index (χ0) is 19.8. The van der Waals surface area contributed by atoms with Gasteiger partial charge in [-0.25, -0.2) is 0 Å². The number of hydrazone groups is 1. The number of amides is 1. The number of ether oxygens (including phenoxy) is 3. The predicted octanol–water partition coefficient (Wildman–Crippen LogP) is 2.69. The van der Waals surface area contributed by atoms with E-state index in [9.17, 15) is 4.79 Å². The van der Waals surface area contributed by atoms with E-state index in [0.717, 1.165) is 16.8 Å². The minimum absolute atomic E-state index is 0.0291. The molecule has 0 aliphatic carbocycles. The topological polar surface area (TPSA) is 72.4 Å². The number of hydrogen-bond donors (Lipinski definition) is 1. The summed E-state index contributed by atoms with van der Waals surface area (Å²) in [6.07, 6.45) is 1.70. The van der Waals surface area contributed by atoms with E-state index < -0.39 is 0 Å². The van der Waals surface area contributed by atoms with Crippen molar-refractivity contribution in [1.29, 1.82) is 0 Å². The van der Waals surface area contributed by atoms with E-state index in [4.69, 9.17) is 14.2 Å². The number of nitrogens with one attached hydrogen (secondary N) is 1. The van der Waals surface area contributed by atoms with Gasteiger partial charge in [-0.2, -0.15) is 5.10 Å². The van der Waals surface area contributed by atoms with Crippen molar-refractivity contribution in [2.75, 3.05) is 45.4 Å². The molecule has 0 bridgehead atoms. The normalized spacial score (nSPS) is 14.1. The first-order chi connectivity index (χ1) is 13.7. The van der Waals surface area contributed by atoms with E-state index in [0.29, 0.717) is 37.8 Å². The number of nitrogens with zero attached hydrogens (tertiary/aromatic N) is 2. The van der Waals surface area contributed by atoms with E-state index in [-0.39, 0.29) is 12.5 Å². The first-order valence-electron chi connectivity index (χ1n) is 9.18. The molecule has 0 saturated carbocycles. The van der Waals surface area contributed by atoms with Crippen LogP contribution in [0.3, 0.4) is 0 Å². The number of rotatable bonds is 7. The average Bonchev–Trinajstić information content (AvgIpc) is 2.73. The monoisotopic (exact) mass is 383 g/mol. The third-order valence-electron chi connectivity index (χ3n) is 4.33. The van der Waals surface area contributed by atoms with Gasteiger partial charge in [-0.3, -0.25) is 10.2 Å². The van der Waals surface area contributed by atoms with Crippen LogP contribution in [0.4, 0.5) is 5.69 Å². The lowest BCUT2D eigenvalue weighted by Crippen LogP contribution is -2.43.